The molecule has 0 aliphatic rings. The SMILES string of the molecule is CCCCCCCCCCCCCCCCCCCC(=O)OC[C@H](COC(=O)CCCCCCCCCCC(C)C)OC(=O)CCCCCCCCCCCCCCCC(C)C. The number of rotatable bonds is 50. The number of unbranched alkanes of at least 4 members (excludes halogenated alkanes) is 35. The maximum Gasteiger partial charge on any atom is 0.306 e. The van der Waals surface area contributed by atoms with Crippen LogP contribution < -0.4 is 0 Å². The van der Waals surface area contributed by atoms with Crippen molar-refractivity contribution >= 4 is 17.9 Å². The van der Waals surface area contributed by atoms with Gasteiger partial charge in [-0.05, 0) is 31.1 Å². The van der Waals surface area contributed by atoms with E-state index in [0.717, 1.165) is 69.6 Å². The standard InChI is InChI=1S/C56H108O6/c1-6-7-8-9-10-11-12-13-14-15-16-19-22-25-31-36-41-46-54(57)60-49-53(50-61-55(58)47-42-37-32-28-27-30-35-40-45-52(4)5)62-56(59)48-43-38-33-26-23-20-17-18-21-24-29-34-39-44-51(2)3/h51-53H,6-50H2,1-5H3/t53-/m1/s1. The van der Waals surface area contributed by atoms with Crippen molar-refractivity contribution in [3.05, 3.63) is 0 Å². The van der Waals surface area contributed by atoms with E-state index < -0.39 is 6.10 Å². The van der Waals surface area contributed by atoms with E-state index in [1.54, 1.807) is 0 Å². The zero-order valence-electron chi connectivity index (χ0n) is 42.5. The second-order valence-electron chi connectivity index (χ2n) is 20.2. The highest BCUT2D eigenvalue weighted by Crippen LogP contribution is 2.18. The van der Waals surface area contributed by atoms with E-state index in [2.05, 4.69) is 34.6 Å². The van der Waals surface area contributed by atoms with Gasteiger partial charge in [0.2, 0.25) is 0 Å². The molecule has 62 heavy (non-hydrogen) atoms. The summed E-state index contributed by atoms with van der Waals surface area (Å²) in [5.74, 6) is 0.790. The average Bonchev–Trinajstić information content (AvgIpc) is 3.24. The van der Waals surface area contributed by atoms with Crippen molar-refractivity contribution in [3.63, 3.8) is 0 Å². The van der Waals surface area contributed by atoms with Crippen molar-refractivity contribution in [2.45, 2.75) is 317 Å². The Hall–Kier alpha value is -1.59. The first kappa shape index (κ1) is 60.4. The molecule has 0 rings (SSSR count). The third kappa shape index (κ3) is 49.4. The van der Waals surface area contributed by atoms with Crippen molar-refractivity contribution in [2.75, 3.05) is 13.2 Å². The van der Waals surface area contributed by atoms with E-state index in [-0.39, 0.29) is 31.1 Å². The van der Waals surface area contributed by atoms with Gasteiger partial charge in [0.05, 0.1) is 0 Å². The van der Waals surface area contributed by atoms with Gasteiger partial charge < -0.3 is 14.2 Å². The van der Waals surface area contributed by atoms with Crippen LogP contribution in [0.15, 0.2) is 0 Å². The molecule has 0 N–H and O–H groups in total. The van der Waals surface area contributed by atoms with Crippen LogP contribution in [0, 0.1) is 11.8 Å². The van der Waals surface area contributed by atoms with E-state index in [1.807, 2.05) is 0 Å². The topological polar surface area (TPSA) is 78.9 Å². The Kier molecular flexibility index (Phi) is 47.6. The van der Waals surface area contributed by atoms with Crippen LogP contribution in [-0.4, -0.2) is 37.2 Å². The Balaban J connectivity index is 4.28. The molecule has 0 saturated heterocycles. The van der Waals surface area contributed by atoms with Gasteiger partial charge in [-0.25, -0.2) is 0 Å². The summed E-state index contributed by atoms with van der Waals surface area (Å²) in [6, 6.07) is 0. The van der Waals surface area contributed by atoms with Gasteiger partial charge in [-0.3, -0.25) is 14.4 Å². The molecule has 0 saturated carbocycles. The van der Waals surface area contributed by atoms with Crippen molar-refractivity contribution in [1.29, 1.82) is 0 Å². The zero-order chi connectivity index (χ0) is 45.4. The number of esters is 3. The Labute approximate surface area is 387 Å². The summed E-state index contributed by atoms with van der Waals surface area (Å²) in [7, 11) is 0. The minimum Gasteiger partial charge on any atom is -0.462 e. The average molecular weight is 877 g/mol. The Morgan fingerprint density at radius 2 is 0.532 bits per heavy atom. The van der Waals surface area contributed by atoms with Crippen LogP contribution in [0.2, 0.25) is 0 Å². The molecule has 6 heteroatoms. The maximum absolute atomic E-state index is 12.8. The highest BCUT2D eigenvalue weighted by molar-refractivity contribution is 5.71. The summed E-state index contributed by atoms with van der Waals surface area (Å²) in [5, 5.41) is 0. The quantitative estimate of drug-likeness (QED) is 0.0344. The van der Waals surface area contributed by atoms with Gasteiger partial charge in [0.25, 0.3) is 0 Å². The summed E-state index contributed by atoms with van der Waals surface area (Å²) < 4.78 is 16.8. The highest BCUT2D eigenvalue weighted by atomic mass is 16.6. The molecule has 0 radical (unpaired) electrons. The number of carbonyl (C=O) groups excluding carboxylic acids is 3. The highest BCUT2D eigenvalue weighted by Gasteiger charge is 2.19. The Morgan fingerprint density at radius 3 is 0.790 bits per heavy atom. The number of hydrogen-bond acceptors (Lipinski definition) is 6. The second-order valence-corrected chi connectivity index (χ2v) is 20.2. The van der Waals surface area contributed by atoms with E-state index in [1.165, 1.54) is 199 Å². The summed E-state index contributed by atoms with van der Waals surface area (Å²) in [6.45, 7) is 11.4. The van der Waals surface area contributed by atoms with Crippen LogP contribution in [-0.2, 0) is 28.6 Å². The van der Waals surface area contributed by atoms with Crippen LogP contribution in [0.1, 0.15) is 311 Å². The van der Waals surface area contributed by atoms with Crippen LogP contribution in [0.25, 0.3) is 0 Å². The lowest BCUT2D eigenvalue weighted by molar-refractivity contribution is -0.167. The molecule has 1 atom stereocenters. The molecule has 0 bridgehead atoms. The summed E-state index contributed by atoms with van der Waals surface area (Å²) in [5.41, 5.74) is 0. The molecular weight excluding hydrogens is 769 g/mol. The number of carbonyl (C=O) groups is 3. The Bertz CT molecular complexity index is 947. The van der Waals surface area contributed by atoms with Crippen LogP contribution >= 0.6 is 0 Å². The fourth-order valence-electron chi connectivity index (χ4n) is 8.52. The van der Waals surface area contributed by atoms with Crippen molar-refractivity contribution in [1.82, 2.24) is 0 Å². The van der Waals surface area contributed by atoms with E-state index in [9.17, 15) is 14.4 Å². The molecule has 0 aliphatic heterocycles. The van der Waals surface area contributed by atoms with Crippen LogP contribution in [0.3, 0.4) is 0 Å². The number of ether oxygens (including phenoxy) is 3. The van der Waals surface area contributed by atoms with Crippen molar-refractivity contribution in [2.24, 2.45) is 11.8 Å². The summed E-state index contributed by atoms with van der Waals surface area (Å²) >= 11 is 0. The molecule has 0 aromatic heterocycles. The first-order chi connectivity index (χ1) is 30.2. The first-order valence-electron chi connectivity index (χ1n) is 27.7. The smallest absolute Gasteiger partial charge is 0.306 e. The maximum atomic E-state index is 12.8. The molecule has 0 aromatic carbocycles. The van der Waals surface area contributed by atoms with E-state index in [0.29, 0.717) is 19.3 Å². The molecular formula is C56H108O6. The Morgan fingerprint density at radius 1 is 0.306 bits per heavy atom. The molecule has 0 fully saturated rings. The van der Waals surface area contributed by atoms with Gasteiger partial charge in [0, 0.05) is 19.3 Å². The van der Waals surface area contributed by atoms with Gasteiger partial charge in [-0.15, -0.1) is 0 Å². The van der Waals surface area contributed by atoms with Crippen molar-refractivity contribution in [3.8, 4) is 0 Å². The fourth-order valence-corrected chi connectivity index (χ4v) is 8.52. The molecule has 0 amide bonds. The van der Waals surface area contributed by atoms with E-state index >= 15 is 0 Å². The molecule has 0 aromatic rings. The predicted octanol–water partition coefficient (Wildman–Crippen LogP) is 18.1. The lowest BCUT2D eigenvalue weighted by Crippen LogP contribution is -2.30. The van der Waals surface area contributed by atoms with Gasteiger partial charge >= 0.3 is 17.9 Å². The lowest BCUT2D eigenvalue weighted by Gasteiger charge is -2.18. The molecule has 0 spiro atoms. The molecule has 0 heterocycles. The summed E-state index contributed by atoms with van der Waals surface area (Å²) in [4.78, 5) is 38.0. The van der Waals surface area contributed by atoms with Gasteiger partial charge in [-0.1, -0.05) is 272 Å². The number of hydrogen-bond donors (Lipinski definition) is 0. The normalized spacial score (nSPS) is 12.0. The van der Waals surface area contributed by atoms with Gasteiger partial charge in [0.1, 0.15) is 13.2 Å². The third-order valence-electron chi connectivity index (χ3n) is 12.7. The molecule has 0 unspecified atom stereocenters. The monoisotopic (exact) mass is 877 g/mol. The first-order valence-corrected chi connectivity index (χ1v) is 27.7. The van der Waals surface area contributed by atoms with Crippen molar-refractivity contribution < 1.29 is 28.6 Å². The predicted molar refractivity (Wildman–Crippen MR) is 266 cm³/mol. The van der Waals surface area contributed by atoms with Crippen LogP contribution in [0.4, 0.5) is 0 Å². The fraction of sp³-hybridized carbons (Fsp3) is 0.946. The van der Waals surface area contributed by atoms with E-state index in [4.69, 9.17) is 14.2 Å². The molecule has 0 aliphatic carbocycles. The third-order valence-corrected chi connectivity index (χ3v) is 12.7. The molecule has 368 valence electrons. The lowest BCUT2D eigenvalue weighted by atomic mass is 10.0. The van der Waals surface area contributed by atoms with Crippen LogP contribution in [0.5, 0.6) is 0 Å². The van der Waals surface area contributed by atoms with Gasteiger partial charge in [-0.2, -0.15) is 0 Å². The second kappa shape index (κ2) is 48.9. The minimum atomic E-state index is -0.762. The summed E-state index contributed by atoms with van der Waals surface area (Å²) in [6.07, 6.45) is 51.0. The minimum absolute atomic E-state index is 0.0634. The zero-order valence-corrected chi connectivity index (χ0v) is 42.5. The molecule has 6 nitrogen and oxygen atoms in total. The van der Waals surface area contributed by atoms with Gasteiger partial charge in [0.15, 0.2) is 6.10 Å². The largest absolute Gasteiger partial charge is 0.462 e.